The average molecular weight is 566 g/mol. The van der Waals surface area contributed by atoms with Crippen LogP contribution in [-0.2, 0) is 6.61 Å². The summed E-state index contributed by atoms with van der Waals surface area (Å²) in [4.78, 5) is 18.3. The van der Waals surface area contributed by atoms with Crippen molar-refractivity contribution in [3.63, 3.8) is 0 Å². The van der Waals surface area contributed by atoms with Crippen LogP contribution < -0.4 is 19.8 Å². The summed E-state index contributed by atoms with van der Waals surface area (Å²) in [6, 6.07) is 27.3. The summed E-state index contributed by atoms with van der Waals surface area (Å²) < 4.78 is 24.3. The van der Waals surface area contributed by atoms with Gasteiger partial charge in [0.2, 0.25) is 5.82 Å². The Morgan fingerprint density at radius 3 is 2.49 bits per heavy atom. The van der Waals surface area contributed by atoms with Crippen molar-refractivity contribution in [2.75, 3.05) is 14.2 Å². The Kier molecular flexibility index (Phi) is 7.14. The number of halogens is 1. The summed E-state index contributed by atoms with van der Waals surface area (Å²) in [6.07, 6.45) is 1.57. The molecule has 2 heterocycles. The summed E-state index contributed by atoms with van der Waals surface area (Å²) in [7, 11) is 3.16. The zero-order chi connectivity index (χ0) is 28.3. The number of hydrogen-bond donors (Lipinski definition) is 0. The molecule has 4 aromatic carbocycles. The highest BCUT2D eigenvalue weighted by molar-refractivity contribution is 6.30. The fourth-order valence-electron chi connectivity index (χ4n) is 4.46. The minimum absolute atomic E-state index is 0.262. The molecule has 0 atom stereocenters. The molecule has 0 spiro atoms. The van der Waals surface area contributed by atoms with E-state index in [0.29, 0.717) is 56.7 Å². The molecule has 6 rings (SSSR count). The Hall–Kier alpha value is -5.08. The number of fused-ring (bicyclic) bond motifs is 2. The highest BCUT2D eigenvalue weighted by atomic mass is 35.5. The Bertz CT molecular complexity index is 1960. The predicted molar refractivity (Wildman–Crippen MR) is 160 cm³/mol. The molecule has 0 aliphatic carbocycles. The summed E-state index contributed by atoms with van der Waals surface area (Å²) in [5.74, 6) is 2.39. The van der Waals surface area contributed by atoms with Crippen LogP contribution in [0.15, 0.2) is 105 Å². The smallest absolute Gasteiger partial charge is 0.282 e. The number of para-hydroxylation sites is 1. The number of methoxy groups -OCH3 is 2. The first-order chi connectivity index (χ1) is 20.0. The van der Waals surface area contributed by atoms with E-state index < -0.39 is 0 Å². The van der Waals surface area contributed by atoms with Crippen molar-refractivity contribution in [1.82, 2.24) is 9.66 Å². The van der Waals surface area contributed by atoms with Gasteiger partial charge in [-0.2, -0.15) is 9.78 Å². The van der Waals surface area contributed by atoms with Crippen LogP contribution in [0.1, 0.15) is 11.1 Å². The molecular weight excluding hydrogens is 542 g/mol. The topological polar surface area (TPSA) is 88.1 Å². The van der Waals surface area contributed by atoms with Gasteiger partial charge in [-0.15, -0.1) is 0 Å². The maximum absolute atomic E-state index is 13.6. The average Bonchev–Trinajstić information content (AvgIpc) is 3.45. The molecule has 0 fully saturated rings. The van der Waals surface area contributed by atoms with Crippen LogP contribution in [0.3, 0.4) is 0 Å². The molecule has 204 valence electrons. The third kappa shape index (κ3) is 5.25. The number of furan rings is 1. The summed E-state index contributed by atoms with van der Waals surface area (Å²) in [5.41, 5.74) is 2.48. The number of hydrogen-bond acceptors (Lipinski definition) is 7. The monoisotopic (exact) mass is 565 g/mol. The van der Waals surface area contributed by atoms with Crippen LogP contribution in [0.2, 0.25) is 5.02 Å². The minimum atomic E-state index is -0.329. The van der Waals surface area contributed by atoms with Gasteiger partial charge in [0.15, 0.2) is 17.3 Å². The molecule has 0 saturated carbocycles. The molecule has 0 amide bonds. The Morgan fingerprint density at radius 2 is 1.68 bits per heavy atom. The summed E-state index contributed by atoms with van der Waals surface area (Å²) in [5, 5.41) is 6.41. The molecule has 41 heavy (non-hydrogen) atoms. The van der Waals surface area contributed by atoms with E-state index in [1.165, 1.54) is 4.68 Å². The normalized spacial score (nSPS) is 11.4. The Balaban J connectivity index is 1.37. The Morgan fingerprint density at radius 1 is 0.878 bits per heavy atom. The van der Waals surface area contributed by atoms with E-state index in [1.807, 2.05) is 54.6 Å². The second-order valence-electron chi connectivity index (χ2n) is 9.12. The fourth-order valence-corrected chi connectivity index (χ4v) is 4.59. The van der Waals surface area contributed by atoms with Gasteiger partial charge >= 0.3 is 0 Å². The van der Waals surface area contributed by atoms with Crippen molar-refractivity contribution in [2.45, 2.75) is 6.61 Å². The van der Waals surface area contributed by atoms with Gasteiger partial charge in [-0.05, 0) is 71.8 Å². The number of aromatic nitrogens is 2. The van der Waals surface area contributed by atoms with E-state index in [0.717, 1.165) is 10.9 Å². The van der Waals surface area contributed by atoms with Gasteiger partial charge in [-0.3, -0.25) is 4.79 Å². The van der Waals surface area contributed by atoms with E-state index >= 15 is 0 Å². The highest BCUT2D eigenvalue weighted by Gasteiger charge is 2.18. The second kappa shape index (κ2) is 11.2. The van der Waals surface area contributed by atoms with E-state index in [4.69, 9.17) is 35.2 Å². The molecule has 0 unspecified atom stereocenters. The van der Waals surface area contributed by atoms with Gasteiger partial charge in [0.1, 0.15) is 17.9 Å². The standard InChI is InChI=1S/C32H24ClN3O5/c1-38-26-8-5-9-27-24(26)17-30(41-27)31-35-25-7-4-3-6-23(25)32(37)36(31)34-18-21-12-15-28(29(16-21)39-2)40-19-20-10-13-22(33)14-11-20/h3-18H,19H2,1-2H3. The maximum atomic E-state index is 13.6. The van der Waals surface area contributed by atoms with Crippen molar-refractivity contribution < 1.29 is 18.6 Å². The molecule has 0 radical (unpaired) electrons. The lowest BCUT2D eigenvalue weighted by Gasteiger charge is -2.11. The molecule has 8 nitrogen and oxygen atoms in total. The van der Waals surface area contributed by atoms with Crippen molar-refractivity contribution in [2.24, 2.45) is 5.10 Å². The van der Waals surface area contributed by atoms with Gasteiger partial charge in [-0.25, -0.2) is 4.98 Å². The van der Waals surface area contributed by atoms with Gasteiger partial charge in [0.25, 0.3) is 5.56 Å². The summed E-state index contributed by atoms with van der Waals surface area (Å²) >= 11 is 5.97. The first kappa shape index (κ1) is 26.2. The van der Waals surface area contributed by atoms with Crippen LogP contribution in [-0.4, -0.2) is 30.1 Å². The molecule has 0 aliphatic rings. The summed E-state index contributed by atoms with van der Waals surface area (Å²) in [6.45, 7) is 0.352. The zero-order valence-electron chi connectivity index (χ0n) is 22.2. The molecule has 0 bridgehead atoms. The lowest BCUT2D eigenvalue weighted by molar-refractivity contribution is 0.284. The predicted octanol–water partition coefficient (Wildman–Crippen LogP) is 6.94. The molecule has 0 N–H and O–H groups in total. The third-order valence-corrected chi connectivity index (χ3v) is 6.79. The number of benzene rings is 4. The van der Waals surface area contributed by atoms with E-state index in [1.54, 1.807) is 56.8 Å². The van der Waals surface area contributed by atoms with Crippen molar-refractivity contribution in [3.8, 4) is 28.8 Å². The van der Waals surface area contributed by atoms with Crippen LogP contribution in [0.4, 0.5) is 0 Å². The first-order valence-corrected chi connectivity index (χ1v) is 13.1. The van der Waals surface area contributed by atoms with Gasteiger partial charge < -0.3 is 18.6 Å². The maximum Gasteiger partial charge on any atom is 0.282 e. The minimum Gasteiger partial charge on any atom is -0.496 e. The zero-order valence-corrected chi connectivity index (χ0v) is 23.0. The molecule has 9 heteroatoms. The first-order valence-electron chi connectivity index (χ1n) is 12.7. The van der Waals surface area contributed by atoms with E-state index in [9.17, 15) is 4.79 Å². The molecule has 0 aliphatic heterocycles. The van der Waals surface area contributed by atoms with Crippen molar-refractivity contribution in [3.05, 3.63) is 117 Å². The van der Waals surface area contributed by atoms with Crippen molar-refractivity contribution in [1.29, 1.82) is 0 Å². The molecule has 2 aromatic heterocycles. The lowest BCUT2D eigenvalue weighted by Crippen LogP contribution is -2.20. The molecule has 0 saturated heterocycles. The molecular formula is C32H24ClN3O5. The number of ether oxygens (including phenoxy) is 3. The van der Waals surface area contributed by atoms with Crippen LogP contribution in [0.25, 0.3) is 33.5 Å². The number of nitrogens with zero attached hydrogens (tertiary/aromatic N) is 3. The molecule has 6 aromatic rings. The Labute approximate surface area is 240 Å². The number of rotatable bonds is 8. The largest absolute Gasteiger partial charge is 0.496 e. The second-order valence-corrected chi connectivity index (χ2v) is 9.56. The quantitative estimate of drug-likeness (QED) is 0.186. The van der Waals surface area contributed by atoms with Gasteiger partial charge in [0, 0.05) is 5.02 Å². The van der Waals surface area contributed by atoms with Crippen molar-refractivity contribution >= 4 is 39.7 Å². The van der Waals surface area contributed by atoms with E-state index in [-0.39, 0.29) is 11.4 Å². The van der Waals surface area contributed by atoms with Gasteiger partial charge in [-0.1, -0.05) is 41.9 Å². The van der Waals surface area contributed by atoms with E-state index in [2.05, 4.69) is 5.10 Å². The van der Waals surface area contributed by atoms with Crippen LogP contribution in [0.5, 0.6) is 17.2 Å². The lowest BCUT2D eigenvalue weighted by atomic mass is 10.2. The fraction of sp³-hybridized carbons (Fsp3) is 0.0938. The van der Waals surface area contributed by atoms with Crippen LogP contribution in [0, 0.1) is 0 Å². The SMILES string of the molecule is COc1cc(C=Nn2c(-c3cc4c(OC)cccc4o3)nc3ccccc3c2=O)ccc1OCc1ccc(Cl)cc1. The highest BCUT2D eigenvalue weighted by Crippen LogP contribution is 2.33. The van der Waals surface area contributed by atoms with Gasteiger partial charge in [0.05, 0.1) is 36.7 Å². The third-order valence-electron chi connectivity index (χ3n) is 6.53. The van der Waals surface area contributed by atoms with Crippen LogP contribution >= 0.6 is 11.6 Å².